The molecule has 2 heterocycles. The molecule has 2 aliphatic rings. The molecule has 2 saturated heterocycles. The predicted molar refractivity (Wildman–Crippen MR) is 71.4 cm³/mol. The van der Waals surface area contributed by atoms with Crippen LogP contribution in [-0.4, -0.2) is 48.1 Å². The quantitative estimate of drug-likeness (QED) is 0.781. The lowest BCUT2D eigenvalue weighted by molar-refractivity contribution is 0.131. The van der Waals surface area contributed by atoms with Crippen LogP contribution >= 0.6 is 12.4 Å². The van der Waals surface area contributed by atoms with Crippen LogP contribution in [0.5, 0.6) is 0 Å². The smallest absolute Gasteiger partial charge is 0.320 e. The number of nitrogens with zero attached hydrogens (tertiary/aromatic N) is 2. The van der Waals surface area contributed by atoms with E-state index in [1.165, 1.54) is 0 Å². The molecule has 0 aromatic rings. The maximum absolute atomic E-state index is 12.3. The Hall–Kier alpha value is -0.480. The fraction of sp³-hybridized carbons (Fsp3) is 0.917. The highest BCUT2D eigenvalue weighted by atomic mass is 35.5. The molecule has 0 aromatic carbocycles. The molecule has 0 aromatic heterocycles. The number of piperidine rings is 1. The second-order valence-electron chi connectivity index (χ2n) is 5.18. The number of carbonyl (C=O) groups excluding carboxylic acids is 1. The molecule has 0 radical (unpaired) electrons. The summed E-state index contributed by atoms with van der Waals surface area (Å²) < 4.78 is 0. The van der Waals surface area contributed by atoms with Gasteiger partial charge in [-0.1, -0.05) is 6.92 Å². The molecule has 5 heteroatoms. The zero-order chi connectivity index (χ0) is 11.5. The molecule has 0 saturated carbocycles. The zero-order valence-corrected chi connectivity index (χ0v) is 11.4. The summed E-state index contributed by atoms with van der Waals surface area (Å²) in [5, 5.41) is 0. The number of amides is 2. The van der Waals surface area contributed by atoms with Gasteiger partial charge in [-0.05, 0) is 31.6 Å². The summed E-state index contributed by atoms with van der Waals surface area (Å²) in [6, 6.07) is 0.506. The zero-order valence-electron chi connectivity index (χ0n) is 10.6. The van der Waals surface area contributed by atoms with Crippen molar-refractivity contribution in [3.05, 3.63) is 0 Å². The van der Waals surface area contributed by atoms with Gasteiger partial charge in [0.25, 0.3) is 0 Å². The van der Waals surface area contributed by atoms with Crippen molar-refractivity contribution in [2.24, 2.45) is 11.7 Å². The van der Waals surface area contributed by atoms with Crippen molar-refractivity contribution in [1.82, 2.24) is 9.80 Å². The Balaban J connectivity index is 0.00000144. The van der Waals surface area contributed by atoms with Gasteiger partial charge in [-0.25, -0.2) is 4.79 Å². The van der Waals surface area contributed by atoms with E-state index in [2.05, 4.69) is 6.92 Å². The summed E-state index contributed by atoms with van der Waals surface area (Å²) in [6.45, 7) is 5.62. The fourth-order valence-electron chi connectivity index (χ4n) is 2.71. The number of nitrogens with two attached hydrogens (primary N) is 1. The van der Waals surface area contributed by atoms with Gasteiger partial charge in [0.05, 0.1) is 0 Å². The highest BCUT2D eigenvalue weighted by Gasteiger charge is 2.31. The molecule has 2 rings (SSSR count). The lowest BCUT2D eigenvalue weighted by Gasteiger charge is -2.35. The Morgan fingerprint density at radius 3 is 2.47 bits per heavy atom. The van der Waals surface area contributed by atoms with E-state index < -0.39 is 0 Å². The van der Waals surface area contributed by atoms with Crippen molar-refractivity contribution in [2.75, 3.05) is 26.2 Å². The molecular formula is C12H24ClN3O. The van der Waals surface area contributed by atoms with Crippen LogP contribution in [0.2, 0.25) is 0 Å². The monoisotopic (exact) mass is 261 g/mol. The molecule has 0 aliphatic carbocycles. The SMILES string of the molecule is CC1CCN(C(=O)N2CCCC2CN)CC1.Cl. The van der Waals surface area contributed by atoms with E-state index in [-0.39, 0.29) is 24.5 Å². The molecule has 1 unspecified atom stereocenters. The van der Waals surface area contributed by atoms with Gasteiger partial charge in [-0.15, -0.1) is 12.4 Å². The largest absolute Gasteiger partial charge is 0.328 e. The van der Waals surface area contributed by atoms with Gasteiger partial charge in [0.2, 0.25) is 0 Å². The summed E-state index contributed by atoms with van der Waals surface area (Å²) in [4.78, 5) is 16.3. The van der Waals surface area contributed by atoms with E-state index in [4.69, 9.17) is 5.73 Å². The van der Waals surface area contributed by atoms with Crippen LogP contribution in [0, 0.1) is 5.92 Å². The number of rotatable bonds is 1. The van der Waals surface area contributed by atoms with Crippen LogP contribution < -0.4 is 5.73 Å². The average molecular weight is 262 g/mol. The van der Waals surface area contributed by atoms with Crippen LogP contribution in [-0.2, 0) is 0 Å². The van der Waals surface area contributed by atoms with Gasteiger partial charge in [0.1, 0.15) is 0 Å². The molecule has 0 spiro atoms. The number of urea groups is 1. The molecule has 2 amide bonds. The van der Waals surface area contributed by atoms with Gasteiger partial charge in [0.15, 0.2) is 0 Å². The summed E-state index contributed by atoms with van der Waals surface area (Å²) in [6.07, 6.45) is 4.48. The van der Waals surface area contributed by atoms with Crippen LogP contribution in [0.15, 0.2) is 0 Å². The Bertz CT molecular complexity index is 254. The number of halogens is 1. The first kappa shape index (κ1) is 14.6. The summed E-state index contributed by atoms with van der Waals surface area (Å²) >= 11 is 0. The van der Waals surface area contributed by atoms with Crippen molar-refractivity contribution >= 4 is 18.4 Å². The van der Waals surface area contributed by atoms with Crippen LogP contribution in [0.4, 0.5) is 4.79 Å². The first-order valence-electron chi connectivity index (χ1n) is 6.48. The molecular weight excluding hydrogens is 238 g/mol. The number of hydrogen-bond donors (Lipinski definition) is 1. The second-order valence-corrected chi connectivity index (χ2v) is 5.18. The van der Waals surface area contributed by atoms with Gasteiger partial charge in [0, 0.05) is 32.2 Å². The first-order chi connectivity index (χ1) is 7.72. The van der Waals surface area contributed by atoms with Crippen molar-refractivity contribution in [3.63, 3.8) is 0 Å². The molecule has 2 aliphatic heterocycles. The third-order valence-electron chi connectivity index (χ3n) is 3.95. The Morgan fingerprint density at radius 2 is 1.88 bits per heavy atom. The van der Waals surface area contributed by atoms with Gasteiger partial charge in [-0.2, -0.15) is 0 Å². The van der Waals surface area contributed by atoms with E-state index in [1.54, 1.807) is 0 Å². The van der Waals surface area contributed by atoms with E-state index in [0.717, 1.165) is 51.2 Å². The van der Waals surface area contributed by atoms with Crippen LogP contribution in [0.3, 0.4) is 0 Å². The van der Waals surface area contributed by atoms with Crippen LogP contribution in [0.25, 0.3) is 0 Å². The Labute approximate surface area is 110 Å². The maximum atomic E-state index is 12.3. The van der Waals surface area contributed by atoms with Crippen molar-refractivity contribution in [2.45, 2.75) is 38.6 Å². The Morgan fingerprint density at radius 1 is 1.24 bits per heavy atom. The minimum Gasteiger partial charge on any atom is -0.328 e. The summed E-state index contributed by atoms with van der Waals surface area (Å²) in [7, 11) is 0. The van der Waals surface area contributed by atoms with Crippen molar-refractivity contribution < 1.29 is 4.79 Å². The molecule has 1 atom stereocenters. The third kappa shape index (κ3) is 3.26. The molecule has 17 heavy (non-hydrogen) atoms. The molecule has 4 nitrogen and oxygen atoms in total. The van der Waals surface area contributed by atoms with E-state index in [1.807, 2.05) is 9.80 Å². The molecule has 2 fully saturated rings. The summed E-state index contributed by atoms with van der Waals surface area (Å²) in [5.74, 6) is 0.771. The topological polar surface area (TPSA) is 49.6 Å². The standard InChI is InChI=1S/C12H23N3O.ClH/c1-10-4-7-14(8-5-10)12(16)15-6-2-3-11(15)9-13;/h10-11H,2-9,13H2,1H3;1H. The Kier molecular flexibility index (Phi) is 5.53. The number of hydrogen-bond acceptors (Lipinski definition) is 2. The van der Waals surface area contributed by atoms with Gasteiger partial charge < -0.3 is 15.5 Å². The highest BCUT2D eigenvalue weighted by molar-refractivity contribution is 5.85. The molecule has 2 N–H and O–H groups in total. The fourth-order valence-corrected chi connectivity index (χ4v) is 2.71. The highest BCUT2D eigenvalue weighted by Crippen LogP contribution is 2.22. The maximum Gasteiger partial charge on any atom is 0.320 e. The number of likely N-dealkylation sites (tertiary alicyclic amines) is 2. The van der Waals surface area contributed by atoms with E-state index >= 15 is 0 Å². The van der Waals surface area contributed by atoms with Crippen LogP contribution in [0.1, 0.15) is 32.6 Å². The first-order valence-corrected chi connectivity index (χ1v) is 6.48. The lowest BCUT2D eigenvalue weighted by atomic mass is 9.99. The van der Waals surface area contributed by atoms with E-state index in [9.17, 15) is 4.79 Å². The minimum atomic E-state index is 0. The molecule has 0 bridgehead atoms. The predicted octanol–water partition coefficient (Wildman–Crippen LogP) is 1.68. The van der Waals surface area contributed by atoms with Crippen molar-refractivity contribution in [3.8, 4) is 0 Å². The second kappa shape index (κ2) is 6.45. The molecule has 100 valence electrons. The van der Waals surface area contributed by atoms with Gasteiger partial charge in [-0.3, -0.25) is 0 Å². The minimum absolute atomic E-state index is 0. The average Bonchev–Trinajstić information content (AvgIpc) is 2.77. The van der Waals surface area contributed by atoms with Crippen molar-refractivity contribution in [1.29, 1.82) is 0 Å². The lowest BCUT2D eigenvalue weighted by Crippen LogP contribution is -2.49. The normalized spacial score (nSPS) is 25.9. The van der Waals surface area contributed by atoms with Gasteiger partial charge >= 0.3 is 6.03 Å². The summed E-state index contributed by atoms with van der Waals surface area (Å²) in [5.41, 5.74) is 5.70. The number of carbonyl (C=O) groups is 1. The third-order valence-corrected chi connectivity index (χ3v) is 3.95. The van der Waals surface area contributed by atoms with E-state index in [0.29, 0.717) is 6.54 Å².